The van der Waals surface area contributed by atoms with Gasteiger partial charge in [-0.05, 0) is 238 Å². The predicted molar refractivity (Wildman–Crippen MR) is 423 cm³/mol. The van der Waals surface area contributed by atoms with E-state index in [1.807, 2.05) is 46.0 Å². The SMILES string of the molecule is COc1cc(/C=C2/C(C)=C(CCC(=O)Cc3ccno3)c3cc(F)ccc32)cc(OC)c1OC(=O)N1CCN(C)CC1.COc1cc(/C=C2/C(C)=C(CCC(=O)Cc3cnoc3)c3cc(F)ccc32)cc(OC)c1B(O)O.COc1cc(/C=C2/C(C)=C(CCC(=O)c3ncco3)c3cc(F)ccc32)cc(OC)c1OC(=O)N(C)C. The van der Waals surface area contributed by atoms with Crippen molar-refractivity contribution in [2.45, 2.75) is 72.1 Å². The molecule has 28 heteroatoms. The number of carbonyl (C=O) groups is 5. The molecular weight excluding hydrogens is 1470 g/mol. The molecular formula is C86H86BF3N6O18. The van der Waals surface area contributed by atoms with E-state index in [2.05, 4.69) is 20.2 Å². The molecule has 1 aliphatic heterocycles. The van der Waals surface area contributed by atoms with Gasteiger partial charge in [-0.15, -0.1) is 0 Å². The fraction of sp³-hybridized carbons (Fsp3) is 0.279. The molecule has 0 unspecified atom stereocenters. The average molecular weight is 1560 g/mol. The molecule has 592 valence electrons. The smallest absolute Gasteiger partial charge is 0.496 e. The van der Waals surface area contributed by atoms with Crippen LogP contribution in [0.5, 0.6) is 46.0 Å². The minimum atomic E-state index is -1.76. The van der Waals surface area contributed by atoms with Gasteiger partial charge in [0.2, 0.25) is 17.3 Å². The number of fused-ring (bicyclic) bond motifs is 3. The Kier molecular flexibility index (Phi) is 26.9. The number of aromatic nitrogens is 3. The Morgan fingerprint density at radius 2 is 0.965 bits per heavy atom. The van der Waals surface area contributed by atoms with Crippen LogP contribution in [-0.2, 0) is 22.4 Å². The number of amides is 2. The number of allylic oxidation sites excluding steroid dienone is 9. The van der Waals surface area contributed by atoms with Crippen LogP contribution in [-0.4, -0.2) is 167 Å². The Balaban J connectivity index is 0.000000169. The lowest BCUT2D eigenvalue weighted by atomic mass is 9.78. The Hall–Kier alpha value is -12.5. The third kappa shape index (κ3) is 19.1. The molecule has 4 heterocycles. The molecule has 0 spiro atoms. The monoisotopic (exact) mass is 1560 g/mol. The number of oxazole rings is 1. The van der Waals surface area contributed by atoms with Crippen LogP contribution < -0.4 is 43.4 Å². The highest BCUT2D eigenvalue weighted by atomic mass is 19.1. The average Bonchev–Trinajstić information content (AvgIpc) is 1.63. The molecule has 13 rings (SSSR count). The standard InChI is InChI=1S/C32H34FN3O6.C28H27FN2O6.C26H25BFNO6/c1-20-25(8-6-23(37)19-24-9-10-34-42-24)28-18-22(33)5-7-26(28)27(20)15-21-16-29(39-3)31(30(17-21)40-4)41-32(38)36-13-11-35(2)12-14-36;1-16-19(8-9-23(32)27-30-10-11-36-27)22-15-18(29)6-7-20(22)21(16)12-17-13-24(34-4)26(25(14-17)35-5)37-28(33)31(2)3;1-15-20(7-5-19(30)8-17-13-29-35-14-17)23-12-18(28)4-6-21(23)22(15)9-16-10-24(33-2)26(27(31)32)25(11-16)34-3/h5,7,9-10,15-18H,6,8,11-14,19H2,1-4H3;6-7,10-15H,8-9H2,1-5H3;4,6,9-14,31-32H,5,7-8H2,1-3H3/b27-15-;21-12-;22-9-. The molecule has 0 bridgehead atoms. The van der Waals surface area contributed by atoms with Gasteiger partial charge < -0.3 is 76.1 Å². The summed E-state index contributed by atoms with van der Waals surface area (Å²) in [6, 6.07) is 26.0. The van der Waals surface area contributed by atoms with Crippen molar-refractivity contribution in [2.75, 3.05) is 90.0 Å². The van der Waals surface area contributed by atoms with Gasteiger partial charge in [0.25, 0.3) is 5.89 Å². The van der Waals surface area contributed by atoms with E-state index in [4.69, 9.17) is 51.4 Å². The van der Waals surface area contributed by atoms with Crippen LogP contribution in [0.25, 0.3) is 51.7 Å². The number of halogens is 3. The van der Waals surface area contributed by atoms with Gasteiger partial charge in [0.05, 0.1) is 73.1 Å². The topological polar surface area (TPSA) is 287 Å². The first kappa shape index (κ1) is 82.4. The molecule has 3 aromatic heterocycles. The second-order valence-electron chi connectivity index (χ2n) is 27.4. The number of carbonyl (C=O) groups excluding carboxylic acids is 5. The van der Waals surface area contributed by atoms with Crippen molar-refractivity contribution in [3.63, 3.8) is 0 Å². The number of nitrogens with zero attached hydrogens (tertiary/aromatic N) is 6. The van der Waals surface area contributed by atoms with E-state index in [0.29, 0.717) is 73.1 Å². The van der Waals surface area contributed by atoms with E-state index in [0.717, 1.165) is 113 Å². The van der Waals surface area contributed by atoms with E-state index in [1.54, 1.807) is 79.7 Å². The van der Waals surface area contributed by atoms with Crippen LogP contribution in [0.2, 0.25) is 0 Å². The van der Waals surface area contributed by atoms with Crippen LogP contribution >= 0.6 is 0 Å². The minimum absolute atomic E-state index is 0.0126. The van der Waals surface area contributed by atoms with Crippen molar-refractivity contribution in [3.05, 3.63) is 230 Å². The Morgan fingerprint density at radius 1 is 0.535 bits per heavy atom. The second-order valence-corrected chi connectivity index (χ2v) is 27.4. The molecule has 1 fully saturated rings. The van der Waals surface area contributed by atoms with Gasteiger partial charge in [-0.3, -0.25) is 14.4 Å². The molecule has 6 aromatic carbocycles. The highest BCUT2D eigenvalue weighted by Gasteiger charge is 2.32. The number of methoxy groups -OCH3 is 6. The van der Waals surface area contributed by atoms with Gasteiger partial charge in [-0.1, -0.05) is 28.5 Å². The highest BCUT2D eigenvalue weighted by molar-refractivity contribution is 6.61. The van der Waals surface area contributed by atoms with Gasteiger partial charge in [0.15, 0.2) is 23.0 Å². The maximum absolute atomic E-state index is 14.4. The van der Waals surface area contributed by atoms with Gasteiger partial charge in [-0.25, -0.2) is 27.7 Å². The molecule has 0 radical (unpaired) electrons. The van der Waals surface area contributed by atoms with Crippen LogP contribution in [0, 0.1) is 17.5 Å². The van der Waals surface area contributed by atoms with Crippen molar-refractivity contribution in [2.24, 2.45) is 0 Å². The van der Waals surface area contributed by atoms with Gasteiger partial charge in [-0.2, -0.15) is 0 Å². The normalized spacial score (nSPS) is 14.6. The molecule has 24 nitrogen and oxygen atoms in total. The molecule has 1 saturated heterocycles. The summed E-state index contributed by atoms with van der Waals surface area (Å²) in [4.78, 5) is 71.7. The number of hydrogen-bond donors (Lipinski definition) is 2. The summed E-state index contributed by atoms with van der Waals surface area (Å²) in [5.74, 6) is 1.58. The lowest BCUT2D eigenvalue weighted by Crippen LogP contribution is -2.48. The summed E-state index contributed by atoms with van der Waals surface area (Å²) in [7, 11) is 12.2. The fourth-order valence-corrected chi connectivity index (χ4v) is 14.0. The molecule has 2 N–H and O–H groups in total. The zero-order chi connectivity index (χ0) is 81.6. The molecule has 4 aliphatic rings. The summed E-state index contributed by atoms with van der Waals surface area (Å²) < 4.78 is 102. The van der Waals surface area contributed by atoms with E-state index in [-0.39, 0.29) is 94.8 Å². The first-order chi connectivity index (χ1) is 54.8. The number of benzene rings is 6. The van der Waals surface area contributed by atoms with E-state index in [9.17, 15) is 47.2 Å². The number of hydrogen-bond acceptors (Lipinski definition) is 22. The highest BCUT2D eigenvalue weighted by Crippen LogP contribution is 2.50. The quantitative estimate of drug-likeness (QED) is 0.0376. The van der Waals surface area contributed by atoms with Crippen molar-refractivity contribution >= 4 is 93.8 Å². The third-order valence-electron chi connectivity index (χ3n) is 19.9. The first-order valence-corrected chi connectivity index (χ1v) is 36.4. The Labute approximate surface area is 657 Å². The van der Waals surface area contributed by atoms with Gasteiger partial charge >= 0.3 is 19.3 Å². The van der Waals surface area contributed by atoms with Gasteiger partial charge in [0.1, 0.15) is 58.8 Å². The number of rotatable bonds is 26. The molecule has 0 saturated carbocycles. The van der Waals surface area contributed by atoms with Crippen molar-refractivity contribution in [1.29, 1.82) is 0 Å². The summed E-state index contributed by atoms with van der Waals surface area (Å²) in [6.45, 7) is 8.55. The molecule has 3 aliphatic carbocycles. The summed E-state index contributed by atoms with van der Waals surface area (Å²) in [6.07, 6.45) is 14.5. The Morgan fingerprint density at radius 3 is 1.35 bits per heavy atom. The minimum Gasteiger partial charge on any atom is -0.497 e. The van der Waals surface area contributed by atoms with Gasteiger partial charge in [0, 0.05) is 77.6 Å². The zero-order valence-electron chi connectivity index (χ0n) is 65.2. The van der Waals surface area contributed by atoms with Crippen LogP contribution in [0.4, 0.5) is 22.8 Å². The van der Waals surface area contributed by atoms with Crippen LogP contribution in [0.1, 0.15) is 131 Å². The van der Waals surface area contributed by atoms with Crippen LogP contribution in [0.15, 0.2) is 158 Å². The van der Waals surface area contributed by atoms with Crippen molar-refractivity contribution < 1.29 is 98.6 Å². The summed E-state index contributed by atoms with van der Waals surface area (Å²) in [5.41, 5.74) is 16.0. The summed E-state index contributed by atoms with van der Waals surface area (Å²) >= 11 is 0. The maximum Gasteiger partial charge on any atom is 0.496 e. The van der Waals surface area contributed by atoms with E-state index < -0.39 is 19.3 Å². The molecule has 2 amide bonds. The van der Waals surface area contributed by atoms with E-state index in [1.165, 1.54) is 115 Å². The lowest BCUT2D eigenvalue weighted by Gasteiger charge is -2.31. The van der Waals surface area contributed by atoms with Crippen molar-refractivity contribution in [3.8, 4) is 46.0 Å². The number of ketones is 3. The fourth-order valence-electron chi connectivity index (χ4n) is 14.0. The third-order valence-corrected chi connectivity index (χ3v) is 19.9. The lowest BCUT2D eigenvalue weighted by molar-refractivity contribution is -0.119. The number of Topliss-reactive ketones (excluding diaryl/α,β-unsaturated/α-hetero) is 3. The maximum atomic E-state index is 14.4. The first-order valence-electron chi connectivity index (χ1n) is 36.4. The number of likely N-dealkylation sites (N-methyl/N-ethyl adjacent to an activating group) is 1. The number of piperazine rings is 1. The molecule has 9 aromatic rings. The van der Waals surface area contributed by atoms with Crippen molar-refractivity contribution in [1.82, 2.24) is 30.0 Å². The molecule has 0 atom stereocenters. The number of ether oxygens (including phenoxy) is 8. The predicted octanol–water partition coefficient (Wildman–Crippen LogP) is 14.8. The molecule has 114 heavy (non-hydrogen) atoms. The Bertz CT molecular complexity index is 5210. The zero-order valence-corrected chi connectivity index (χ0v) is 65.2. The largest absolute Gasteiger partial charge is 0.497 e. The summed E-state index contributed by atoms with van der Waals surface area (Å²) in [5, 5.41) is 26.8. The van der Waals surface area contributed by atoms with Crippen LogP contribution in [0.3, 0.4) is 0 Å². The second kappa shape index (κ2) is 37.2. The van der Waals surface area contributed by atoms with E-state index >= 15 is 0 Å².